The number of carbonyl (C=O) groups excluding carboxylic acids is 2. The van der Waals surface area contributed by atoms with Crippen LogP contribution in [-0.4, -0.2) is 29.2 Å². The predicted molar refractivity (Wildman–Crippen MR) is 143 cm³/mol. The van der Waals surface area contributed by atoms with Crippen molar-refractivity contribution in [1.82, 2.24) is 4.98 Å². The number of thioether (sulfide) groups is 1. The largest absolute Gasteiger partial charge is 0.497 e. The maximum absolute atomic E-state index is 12.8. The van der Waals surface area contributed by atoms with Gasteiger partial charge in [-0.25, -0.2) is 4.98 Å². The van der Waals surface area contributed by atoms with Crippen LogP contribution in [0.3, 0.4) is 0 Å². The van der Waals surface area contributed by atoms with Gasteiger partial charge in [-0.3, -0.25) is 9.59 Å². The number of carbonyl (C=O) groups is 2. The molecule has 1 atom stereocenters. The van der Waals surface area contributed by atoms with Crippen LogP contribution in [0.4, 0.5) is 11.4 Å². The van der Waals surface area contributed by atoms with E-state index < -0.39 is 0 Å². The first kappa shape index (κ1) is 24.3. The number of fused-ring (bicyclic) bond motifs is 1. The SMILES string of the molecule is CC[C@@H](Sc1nc2ccc(NC(=O)c3ccc(OC)cc3)cc2s1)C(=O)Nc1ccc(Br)cc1. The number of hydrogen-bond donors (Lipinski definition) is 2. The Kier molecular flexibility index (Phi) is 7.87. The van der Waals surface area contributed by atoms with Crippen molar-refractivity contribution in [2.45, 2.75) is 22.9 Å². The number of aromatic nitrogens is 1. The van der Waals surface area contributed by atoms with Crippen LogP contribution in [0.5, 0.6) is 5.75 Å². The predicted octanol–water partition coefficient (Wildman–Crippen LogP) is 6.83. The van der Waals surface area contributed by atoms with Gasteiger partial charge in [0.2, 0.25) is 5.91 Å². The molecule has 174 valence electrons. The van der Waals surface area contributed by atoms with Crippen molar-refractivity contribution in [3.05, 3.63) is 76.8 Å². The summed E-state index contributed by atoms with van der Waals surface area (Å²) in [5, 5.41) is 5.63. The van der Waals surface area contributed by atoms with Gasteiger partial charge < -0.3 is 15.4 Å². The first-order valence-corrected chi connectivity index (χ1v) is 13.0. The Morgan fingerprint density at radius 3 is 2.41 bits per heavy atom. The molecule has 2 amide bonds. The zero-order valence-corrected chi connectivity index (χ0v) is 21.7. The lowest BCUT2D eigenvalue weighted by molar-refractivity contribution is -0.115. The van der Waals surface area contributed by atoms with E-state index in [0.717, 1.165) is 24.7 Å². The molecule has 0 aliphatic carbocycles. The smallest absolute Gasteiger partial charge is 0.255 e. The Hall–Kier alpha value is -2.88. The zero-order valence-electron chi connectivity index (χ0n) is 18.5. The molecule has 0 radical (unpaired) electrons. The number of ether oxygens (including phenoxy) is 1. The minimum Gasteiger partial charge on any atom is -0.497 e. The molecule has 4 aromatic rings. The first-order chi connectivity index (χ1) is 16.4. The van der Waals surface area contributed by atoms with E-state index in [0.29, 0.717) is 23.4 Å². The summed E-state index contributed by atoms with van der Waals surface area (Å²) in [4.78, 5) is 30.0. The number of nitrogens with zero attached hydrogens (tertiary/aromatic N) is 1. The maximum Gasteiger partial charge on any atom is 0.255 e. The van der Waals surface area contributed by atoms with Crippen molar-refractivity contribution in [2.75, 3.05) is 17.7 Å². The number of thiazole rings is 1. The van der Waals surface area contributed by atoms with Gasteiger partial charge in [-0.1, -0.05) is 34.6 Å². The Labute approximate surface area is 214 Å². The average Bonchev–Trinajstić information content (AvgIpc) is 3.25. The van der Waals surface area contributed by atoms with Crippen LogP contribution in [0.1, 0.15) is 23.7 Å². The van der Waals surface area contributed by atoms with Gasteiger partial charge in [-0.05, 0) is 73.2 Å². The molecule has 0 aliphatic rings. The molecule has 6 nitrogen and oxygen atoms in total. The molecule has 0 saturated heterocycles. The molecule has 2 N–H and O–H groups in total. The molecule has 0 saturated carbocycles. The van der Waals surface area contributed by atoms with Crippen LogP contribution < -0.4 is 15.4 Å². The summed E-state index contributed by atoms with van der Waals surface area (Å²) in [6.07, 6.45) is 0.673. The molecule has 34 heavy (non-hydrogen) atoms. The standard InChI is InChI=1S/C25H22BrN3O3S2/c1-3-21(24(31)27-17-8-6-16(26)7-9-17)33-25-29-20-13-10-18(14-22(20)34-25)28-23(30)15-4-11-19(32-2)12-5-15/h4-14,21H,3H2,1-2H3,(H,27,31)(H,28,30)/t21-/m1/s1. The van der Waals surface area contributed by atoms with Gasteiger partial charge in [-0.2, -0.15) is 0 Å². The van der Waals surface area contributed by atoms with Gasteiger partial charge in [-0.15, -0.1) is 11.3 Å². The van der Waals surface area contributed by atoms with E-state index in [2.05, 4.69) is 31.5 Å². The number of rotatable bonds is 8. The highest BCUT2D eigenvalue weighted by Gasteiger charge is 2.20. The fraction of sp³-hybridized carbons (Fsp3) is 0.160. The van der Waals surface area contributed by atoms with E-state index in [4.69, 9.17) is 4.74 Å². The van der Waals surface area contributed by atoms with E-state index in [-0.39, 0.29) is 17.1 Å². The van der Waals surface area contributed by atoms with E-state index in [1.807, 2.05) is 49.4 Å². The summed E-state index contributed by atoms with van der Waals surface area (Å²) < 4.78 is 7.85. The van der Waals surface area contributed by atoms with E-state index in [1.54, 1.807) is 31.4 Å². The minimum absolute atomic E-state index is 0.0541. The van der Waals surface area contributed by atoms with E-state index in [1.165, 1.54) is 23.1 Å². The van der Waals surface area contributed by atoms with Crippen molar-refractivity contribution in [2.24, 2.45) is 0 Å². The molecule has 1 aromatic heterocycles. The highest BCUT2D eigenvalue weighted by Crippen LogP contribution is 2.35. The number of anilines is 2. The third-order valence-electron chi connectivity index (χ3n) is 5.00. The molecular weight excluding hydrogens is 534 g/mol. The average molecular weight is 557 g/mol. The molecule has 3 aromatic carbocycles. The molecule has 4 rings (SSSR count). The lowest BCUT2D eigenvalue weighted by atomic mass is 10.2. The number of benzene rings is 3. The van der Waals surface area contributed by atoms with Gasteiger partial charge in [0.15, 0.2) is 4.34 Å². The van der Waals surface area contributed by atoms with E-state index >= 15 is 0 Å². The van der Waals surface area contributed by atoms with Crippen molar-refractivity contribution >= 4 is 72.4 Å². The number of halogens is 1. The molecule has 0 spiro atoms. The summed E-state index contributed by atoms with van der Waals surface area (Å²) in [6, 6.07) is 20.1. The minimum atomic E-state index is -0.265. The Balaban J connectivity index is 1.43. The number of hydrogen-bond acceptors (Lipinski definition) is 6. The molecule has 0 fully saturated rings. The van der Waals surface area contributed by atoms with Crippen LogP contribution in [0, 0.1) is 0 Å². The van der Waals surface area contributed by atoms with E-state index in [9.17, 15) is 9.59 Å². The normalized spacial score (nSPS) is 11.7. The molecule has 1 heterocycles. The lowest BCUT2D eigenvalue weighted by Crippen LogP contribution is -2.24. The van der Waals surface area contributed by atoms with Crippen LogP contribution in [0.25, 0.3) is 10.2 Å². The van der Waals surface area contributed by atoms with Crippen molar-refractivity contribution < 1.29 is 14.3 Å². The number of methoxy groups -OCH3 is 1. The van der Waals surface area contributed by atoms with Crippen LogP contribution in [0.15, 0.2) is 75.5 Å². The topological polar surface area (TPSA) is 80.3 Å². The Morgan fingerprint density at radius 2 is 1.74 bits per heavy atom. The number of amides is 2. The second-order valence-corrected chi connectivity index (χ2v) is 10.8. The molecular formula is C25H22BrN3O3S2. The van der Waals surface area contributed by atoms with Gasteiger partial charge in [0.25, 0.3) is 5.91 Å². The van der Waals surface area contributed by atoms with Gasteiger partial charge >= 0.3 is 0 Å². The molecule has 0 bridgehead atoms. The summed E-state index contributed by atoms with van der Waals surface area (Å²) >= 11 is 6.36. The highest BCUT2D eigenvalue weighted by atomic mass is 79.9. The highest BCUT2D eigenvalue weighted by molar-refractivity contribution is 9.10. The van der Waals surface area contributed by atoms with Gasteiger partial charge in [0.05, 0.1) is 22.6 Å². The number of nitrogens with one attached hydrogen (secondary N) is 2. The molecule has 9 heteroatoms. The summed E-state index contributed by atoms with van der Waals surface area (Å²) in [7, 11) is 1.59. The molecule has 0 unspecified atom stereocenters. The molecule has 0 aliphatic heterocycles. The van der Waals surface area contributed by atoms with Crippen LogP contribution >= 0.6 is 39.0 Å². The third kappa shape index (κ3) is 5.97. The van der Waals surface area contributed by atoms with Crippen LogP contribution in [-0.2, 0) is 4.79 Å². The van der Waals surface area contributed by atoms with Gasteiger partial charge in [0.1, 0.15) is 5.75 Å². The fourth-order valence-corrected chi connectivity index (χ4v) is 5.72. The third-order valence-corrected chi connectivity index (χ3v) is 8.00. The second kappa shape index (κ2) is 11.0. The van der Waals surface area contributed by atoms with Crippen LogP contribution in [0.2, 0.25) is 0 Å². The second-order valence-electron chi connectivity index (χ2n) is 7.36. The Bertz CT molecular complexity index is 1310. The fourth-order valence-electron chi connectivity index (χ4n) is 3.18. The summed E-state index contributed by atoms with van der Waals surface area (Å²) in [5.74, 6) is 0.446. The monoisotopic (exact) mass is 555 g/mol. The summed E-state index contributed by atoms with van der Waals surface area (Å²) in [5.41, 5.74) is 2.82. The first-order valence-electron chi connectivity index (χ1n) is 10.5. The zero-order chi connectivity index (χ0) is 24.1. The quantitative estimate of drug-likeness (QED) is 0.233. The van der Waals surface area contributed by atoms with Crippen molar-refractivity contribution in [3.8, 4) is 5.75 Å². The lowest BCUT2D eigenvalue weighted by Gasteiger charge is -2.13. The van der Waals surface area contributed by atoms with Crippen molar-refractivity contribution in [3.63, 3.8) is 0 Å². The van der Waals surface area contributed by atoms with Crippen molar-refractivity contribution in [1.29, 1.82) is 0 Å². The van der Waals surface area contributed by atoms with Gasteiger partial charge in [0, 0.05) is 21.4 Å². The summed E-state index contributed by atoms with van der Waals surface area (Å²) in [6.45, 7) is 1.99. The maximum atomic E-state index is 12.8. The Morgan fingerprint density at radius 1 is 1.03 bits per heavy atom.